The Labute approximate surface area is 297 Å². The molecule has 0 saturated carbocycles. The summed E-state index contributed by atoms with van der Waals surface area (Å²) in [5.41, 5.74) is 1.61. The van der Waals surface area contributed by atoms with Crippen LogP contribution in [-0.2, 0) is 26.5 Å². The van der Waals surface area contributed by atoms with Crippen molar-refractivity contribution < 1.29 is 37.7 Å². The Kier molecular flexibility index (Phi) is 9.79. The minimum Gasteiger partial charge on any atom is -0.488 e. The highest BCUT2D eigenvalue weighted by Gasteiger charge is 2.46. The van der Waals surface area contributed by atoms with E-state index in [1.54, 1.807) is 13.8 Å². The summed E-state index contributed by atoms with van der Waals surface area (Å²) in [6.45, 7) is 6.95. The number of piperazine rings is 1. The van der Waals surface area contributed by atoms with E-state index in [0.29, 0.717) is 11.4 Å². The number of rotatable bonds is 12. The molecule has 0 spiro atoms. The molecule has 3 saturated heterocycles. The number of urea groups is 1. The lowest BCUT2D eigenvalue weighted by Crippen LogP contribution is -2.46. The van der Waals surface area contributed by atoms with Gasteiger partial charge >= 0.3 is 6.03 Å². The van der Waals surface area contributed by atoms with Gasteiger partial charge < -0.3 is 24.0 Å². The van der Waals surface area contributed by atoms with Crippen LogP contribution in [0.1, 0.15) is 19.4 Å². The fourth-order valence-corrected chi connectivity index (χ4v) is 6.89. The molecule has 1 unspecified atom stereocenters. The van der Waals surface area contributed by atoms with Crippen LogP contribution in [0, 0.1) is 21.7 Å². The standard InChI is InChI=1S/C35H38F2N8O7/c1-24(2)44-32(52-45(47)48)18-43(34(44)46)28-6-4-26(5-7-28)40-13-15-41(16-14-40)27-8-10-29(11-9-27)49-19-33-50-21-35(51-33,20-42-23-38-22-39-42)30-12-3-25(36)17-31(30)37/h3-12,17,22-24,32-33H,13-16,18-21H2,1-2H3/t32?,33-,35+/m0/s1. The van der Waals surface area contributed by atoms with Crippen LogP contribution in [0.2, 0.25) is 0 Å². The van der Waals surface area contributed by atoms with Gasteiger partial charge in [-0.2, -0.15) is 5.10 Å². The summed E-state index contributed by atoms with van der Waals surface area (Å²) >= 11 is 0. The van der Waals surface area contributed by atoms with Crippen LogP contribution in [0.25, 0.3) is 0 Å². The molecule has 15 nitrogen and oxygen atoms in total. The summed E-state index contributed by atoms with van der Waals surface area (Å²) in [6.07, 6.45) is 1.08. The first-order valence-electron chi connectivity index (χ1n) is 16.9. The van der Waals surface area contributed by atoms with Crippen molar-refractivity contribution in [3.8, 4) is 5.75 Å². The molecule has 7 rings (SSSR count). The summed E-state index contributed by atoms with van der Waals surface area (Å²) < 4.78 is 48.2. The molecule has 0 radical (unpaired) electrons. The van der Waals surface area contributed by atoms with E-state index in [0.717, 1.165) is 43.6 Å². The Morgan fingerprint density at radius 1 is 0.981 bits per heavy atom. The Morgan fingerprint density at radius 3 is 2.23 bits per heavy atom. The van der Waals surface area contributed by atoms with E-state index < -0.39 is 34.8 Å². The van der Waals surface area contributed by atoms with Crippen LogP contribution in [0.3, 0.4) is 0 Å². The van der Waals surface area contributed by atoms with Crippen LogP contribution < -0.4 is 19.4 Å². The number of hydrogen-bond donors (Lipinski definition) is 0. The number of nitrogens with zero attached hydrogens (tertiary/aromatic N) is 8. The van der Waals surface area contributed by atoms with E-state index in [4.69, 9.17) is 19.0 Å². The largest absolute Gasteiger partial charge is 0.488 e. The predicted octanol–water partition coefficient (Wildman–Crippen LogP) is 4.42. The van der Waals surface area contributed by atoms with Crippen LogP contribution in [-0.4, -0.2) is 95.3 Å². The van der Waals surface area contributed by atoms with Crippen molar-refractivity contribution in [1.82, 2.24) is 19.7 Å². The molecule has 3 atom stereocenters. The van der Waals surface area contributed by atoms with Gasteiger partial charge in [-0.15, -0.1) is 10.1 Å². The zero-order valence-electron chi connectivity index (χ0n) is 28.6. The molecular formula is C35H38F2N8O7. The maximum atomic E-state index is 14.9. The smallest absolute Gasteiger partial charge is 0.326 e. The molecule has 0 aliphatic carbocycles. The number of carbonyl (C=O) groups excluding carboxylic acids is 1. The molecule has 3 fully saturated rings. The van der Waals surface area contributed by atoms with Crippen LogP contribution in [0.15, 0.2) is 79.4 Å². The molecule has 274 valence electrons. The Hall–Kier alpha value is -5.55. The Bertz CT molecular complexity index is 1860. The Morgan fingerprint density at radius 2 is 1.63 bits per heavy atom. The van der Waals surface area contributed by atoms with Gasteiger partial charge in [-0.05, 0) is 68.4 Å². The lowest BCUT2D eigenvalue weighted by molar-refractivity contribution is -0.772. The summed E-state index contributed by atoms with van der Waals surface area (Å²) in [6, 6.07) is 18.1. The van der Waals surface area contributed by atoms with E-state index in [9.17, 15) is 23.7 Å². The van der Waals surface area contributed by atoms with Gasteiger partial charge in [-0.1, -0.05) is 6.07 Å². The number of anilines is 3. The highest BCUT2D eigenvalue weighted by molar-refractivity contribution is 5.94. The zero-order chi connectivity index (χ0) is 36.4. The third-order valence-electron chi connectivity index (χ3n) is 9.42. The number of benzene rings is 3. The minimum absolute atomic E-state index is 0.00943. The lowest BCUT2D eigenvalue weighted by Gasteiger charge is -2.37. The molecular weight excluding hydrogens is 682 g/mol. The number of carbonyl (C=O) groups is 1. The van der Waals surface area contributed by atoms with Crippen molar-refractivity contribution in [3.63, 3.8) is 0 Å². The highest BCUT2D eigenvalue weighted by atomic mass is 19.1. The average molecular weight is 721 g/mol. The second kappa shape index (κ2) is 14.6. The minimum atomic E-state index is -1.25. The van der Waals surface area contributed by atoms with Crippen molar-refractivity contribution in [2.24, 2.45) is 0 Å². The number of ether oxygens (including phenoxy) is 3. The molecule has 17 heteroatoms. The fraction of sp³-hybridized carbons (Fsp3) is 0.400. The lowest BCUT2D eigenvalue weighted by atomic mass is 9.94. The van der Waals surface area contributed by atoms with Crippen LogP contribution in [0.5, 0.6) is 5.75 Å². The molecule has 1 aromatic heterocycles. The number of halogens is 2. The van der Waals surface area contributed by atoms with E-state index in [1.807, 2.05) is 48.5 Å². The SMILES string of the molecule is CC(C)N1C(=O)N(c2ccc(N3CCN(c4ccc(OC[C@H]5OC[C@](Cn6cncn6)(c6ccc(F)cc6F)O5)cc4)CC3)cc2)CC1O[N+](=O)[O-]. The zero-order valence-corrected chi connectivity index (χ0v) is 28.6. The molecule has 52 heavy (non-hydrogen) atoms. The molecule has 3 aromatic carbocycles. The fourth-order valence-electron chi connectivity index (χ4n) is 6.89. The van der Waals surface area contributed by atoms with Gasteiger partial charge in [0.15, 0.2) is 6.29 Å². The first-order chi connectivity index (χ1) is 25.1. The topological polar surface area (TPSA) is 141 Å². The maximum Gasteiger partial charge on any atom is 0.326 e. The molecule has 3 aliphatic heterocycles. The van der Waals surface area contributed by atoms with Crippen molar-refractivity contribution >= 4 is 23.1 Å². The third kappa shape index (κ3) is 7.27. The summed E-state index contributed by atoms with van der Waals surface area (Å²) in [5, 5.41) is 14.2. The van der Waals surface area contributed by atoms with Crippen molar-refractivity contribution in [2.75, 3.05) is 60.6 Å². The van der Waals surface area contributed by atoms with Crippen LogP contribution >= 0.6 is 0 Å². The first-order valence-corrected chi connectivity index (χ1v) is 16.9. The second-order valence-corrected chi connectivity index (χ2v) is 13.0. The first kappa shape index (κ1) is 34.9. The van der Waals surface area contributed by atoms with Gasteiger partial charge in [-0.3, -0.25) is 14.6 Å². The number of amides is 2. The van der Waals surface area contributed by atoms with E-state index in [1.165, 1.54) is 39.3 Å². The molecule has 4 aromatic rings. The summed E-state index contributed by atoms with van der Waals surface area (Å²) in [4.78, 5) is 40.2. The van der Waals surface area contributed by atoms with E-state index in [2.05, 4.69) is 19.9 Å². The molecule has 0 bridgehead atoms. The van der Waals surface area contributed by atoms with Gasteiger partial charge in [-0.25, -0.2) is 23.2 Å². The number of hydrogen-bond acceptors (Lipinski definition) is 11. The van der Waals surface area contributed by atoms with Gasteiger partial charge in [0.1, 0.15) is 42.2 Å². The van der Waals surface area contributed by atoms with Gasteiger partial charge in [0, 0.05) is 60.9 Å². The quantitative estimate of drug-likeness (QED) is 0.152. The van der Waals surface area contributed by atoms with Gasteiger partial charge in [0.05, 0.1) is 19.7 Å². The van der Waals surface area contributed by atoms with Crippen molar-refractivity contribution in [2.45, 2.75) is 44.6 Å². The van der Waals surface area contributed by atoms with Crippen molar-refractivity contribution in [3.05, 3.63) is 107 Å². The summed E-state index contributed by atoms with van der Waals surface area (Å²) in [5.74, 6) is -0.815. The highest BCUT2D eigenvalue weighted by Crippen LogP contribution is 2.37. The predicted molar refractivity (Wildman–Crippen MR) is 183 cm³/mol. The second-order valence-electron chi connectivity index (χ2n) is 13.0. The normalized spacial score (nSPS) is 22.1. The average Bonchev–Trinajstić information content (AvgIpc) is 3.87. The third-order valence-corrected chi connectivity index (χ3v) is 9.42. The summed E-state index contributed by atoms with van der Waals surface area (Å²) in [7, 11) is 0. The molecule has 2 amide bonds. The molecule has 0 N–H and O–H groups in total. The van der Waals surface area contributed by atoms with E-state index >= 15 is 0 Å². The van der Waals surface area contributed by atoms with E-state index in [-0.39, 0.29) is 43.9 Å². The van der Waals surface area contributed by atoms with Gasteiger partial charge in [0.25, 0.3) is 5.09 Å². The molecule has 3 aliphatic rings. The van der Waals surface area contributed by atoms with Crippen molar-refractivity contribution in [1.29, 1.82) is 0 Å². The maximum absolute atomic E-state index is 14.9. The van der Waals surface area contributed by atoms with Gasteiger partial charge in [0.2, 0.25) is 6.23 Å². The number of aromatic nitrogens is 3. The monoisotopic (exact) mass is 720 g/mol. The Balaban J connectivity index is 0.913. The van der Waals surface area contributed by atoms with Crippen LogP contribution in [0.4, 0.5) is 30.6 Å². The molecule has 4 heterocycles.